The lowest BCUT2D eigenvalue weighted by Gasteiger charge is -2.08. The second-order valence-corrected chi connectivity index (χ2v) is 7.60. The highest BCUT2D eigenvalue weighted by molar-refractivity contribution is 5.75. The molecule has 0 aliphatic rings. The highest BCUT2D eigenvalue weighted by Crippen LogP contribution is 2.14. The number of ether oxygens (including phenoxy) is 1. The maximum absolute atomic E-state index is 12.9. The molecule has 0 radical (unpaired) electrons. The van der Waals surface area contributed by atoms with Crippen LogP contribution in [0.5, 0.6) is 5.75 Å². The summed E-state index contributed by atoms with van der Waals surface area (Å²) < 4.78 is 8.68. The minimum absolute atomic E-state index is 0.0438. The van der Waals surface area contributed by atoms with Gasteiger partial charge in [-0.1, -0.05) is 13.8 Å². The number of nitrogens with one attached hydrogen (secondary N) is 1. The molecule has 0 unspecified atom stereocenters. The van der Waals surface area contributed by atoms with Crippen molar-refractivity contribution in [3.8, 4) is 11.4 Å². The van der Waals surface area contributed by atoms with Crippen molar-refractivity contribution in [1.82, 2.24) is 24.5 Å². The molecule has 0 fully saturated rings. The van der Waals surface area contributed by atoms with Gasteiger partial charge in [0.05, 0.1) is 6.61 Å². The van der Waals surface area contributed by atoms with Crippen LogP contribution in [0.1, 0.15) is 45.9 Å². The van der Waals surface area contributed by atoms with E-state index in [1.54, 1.807) is 16.8 Å². The van der Waals surface area contributed by atoms with Crippen molar-refractivity contribution < 1.29 is 9.53 Å². The maximum Gasteiger partial charge on any atom is 0.300 e. The fraction of sp³-hybridized carbons (Fsp3) is 0.455. The van der Waals surface area contributed by atoms with E-state index in [2.05, 4.69) is 29.4 Å². The van der Waals surface area contributed by atoms with Crippen LogP contribution in [0.15, 0.2) is 41.5 Å². The molecule has 8 heteroatoms. The average Bonchev–Trinajstić information content (AvgIpc) is 3.13. The molecule has 1 amide bonds. The van der Waals surface area contributed by atoms with Gasteiger partial charge >= 0.3 is 5.56 Å². The summed E-state index contributed by atoms with van der Waals surface area (Å²) in [7, 11) is 0. The van der Waals surface area contributed by atoms with Crippen LogP contribution >= 0.6 is 0 Å². The second-order valence-electron chi connectivity index (χ2n) is 7.60. The Morgan fingerprint density at radius 1 is 1.17 bits per heavy atom. The van der Waals surface area contributed by atoms with Crippen molar-refractivity contribution in [2.24, 2.45) is 5.92 Å². The highest BCUT2D eigenvalue weighted by Gasteiger charge is 2.12. The third kappa shape index (κ3) is 5.25. The van der Waals surface area contributed by atoms with Gasteiger partial charge in [0, 0.05) is 37.5 Å². The van der Waals surface area contributed by atoms with E-state index < -0.39 is 0 Å². The zero-order valence-corrected chi connectivity index (χ0v) is 17.8. The average molecular weight is 412 g/mol. The Labute approximate surface area is 175 Å². The summed E-state index contributed by atoms with van der Waals surface area (Å²) in [5, 5.41) is 11.2. The number of hydrogen-bond donors (Lipinski definition) is 1. The molecular formula is C22H29N5O3. The molecule has 2 aromatic heterocycles. The molecule has 1 aromatic carbocycles. The molecule has 8 nitrogen and oxygen atoms in total. The summed E-state index contributed by atoms with van der Waals surface area (Å²) in [6.07, 6.45) is 6.11. The van der Waals surface area contributed by atoms with E-state index in [9.17, 15) is 9.59 Å². The Balaban J connectivity index is 1.66. The maximum atomic E-state index is 12.9. The SMILES string of the molecule is CCOc1ccc(-n2ccn3c(CCCC(=O)NCCC(C)C)nnc3c2=O)cc1. The van der Waals surface area contributed by atoms with Crippen molar-refractivity contribution in [2.75, 3.05) is 13.2 Å². The fourth-order valence-corrected chi connectivity index (χ4v) is 3.17. The molecule has 3 aromatic rings. The third-order valence-electron chi connectivity index (χ3n) is 4.82. The molecule has 0 aliphatic heterocycles. The lowest BCUT2D eigenvalue weighted by molar-refractivity contribution is -0.121. The molecule has 0 saturated carbocycles. The van der Waals surface area contributed by atoms with E-state index in [0.29, 0.717) is 44.2 Å². The second kappa shape index (κ2) is 10.0. The van der Waals surface area contributed by atoms with Crippen molar-refractivity contribution in [3.63, 3.8) is 0 Å². The molecule has 2 heterocycles. The largest absolute Gasteiger partial charge is 0.494 e. The summed E-state index contributed by atoms with van der Waals surface area (Å²) in [5.74, 6) is 2.05. The van der Waals surface area contributed by atoms with Crippen LogP contribution < -0.4 is 15.6 Å². The van der Waals surface area contributed by atoms with Gasteiger partial charge in [-0.05, 0) is 49.9 Å². The Kier molecular flexibility index (Phi) is 7.21. The first-order chi connectivity index (χ1) is 14.5. The quantitative estimate of drug-likeness (QED) is 0.554. The van der Waals surface area contributed by atoms with E-state index in [0.717, 1.165) is 17.9 Å². The molecule has 30 heavy (non-hydrogen) atoms. The first-order valence-electron chi connectivity index (χ1n) is 10.4. The number of carbonyl (C=O) groups is 1. The standard InChI is InChI=1S/C22H29N5O3/c1-4-30-18-10-8-17(9-11-18)26-14-15-27-19(24-25-21(27)22(26)29)6-5-7-20(28)23-13-12-16(2)3/h8-11,14-16H,4-7,12-13H2,1-3H3,(H,23,28). The summed E-state index contributed by atoms with van der Waals surface area (Å²) >= 11 is 0. The number of fused-ring (bicyclic) bond motifs is 1. The number of carbonyl (C=O) groups excluding carboxylic acids is 1. The van der Waals surface area contributed by atoms with Crippen molar-refractivity contribution in [3.05, 3.63) is 52.8 Å². The first-order valence-corrected chi connectivity index (χ1v) is 10.4. The molecule has 3 rings (SSSR count). The molecule has 0 aliphatic carbocycles. The molecule has 1 N–H and O–H groups in total. The number of amides is 1. The minimum atomic E-state index is -0.244. The number of aromatic nitrogens is 4. The zero-order chi connectivity index (χ0) is 21.5. The van der Waals surface area contributed by atoms with Gasteiger partial charge in [0.2, 0.25) is 11.6 Å². The monoisotopic (exact) mass is 411 g/mol. The van der Waals surface area contributed by atoms with Gasteiger partial charge in [-0.25, -0.2) is 0 Å². The van der Waals surface area contributed by atoms with Crippen molar-refractivity contribution >= 4 is 11.6 Å². The number of hydrogen-bond acceptors (Lipinski definition) is 5. The van der Waals surface area contributed by atoms with Crippen LogP contribution in [0.2, 0.25) is 0 Å². The predicted molar refractivity (Wildman–Crippen MR) is 115 cm³/mol. The van der Waals surface area contributed by atoms with E-state index >= 15 is 0 Å². The fourth-order valence-electron chi connectivity index (χ4n) is 3.17. The van der Waals surface area contributed by atoms with E-state index in [1.807, 2.05) is 31.2 Å². The van der Waals surface area contributed by atoms with Gasteiger partial charge in [0.25, 0.3) is 0 Å². The van der Waals surface area contributed by atoms with Crippen molar-refractivity contribution in [2.45, 2.75) is 46.5 Å². The Bertz CT molecular complexity index is 1040. The van der Waals surface area contributed by atoms with Crippen LogP contribution in [0, 0.1) is 5.92 Å². The molecule has 0 atom stereocenters. The van der Waals surface area contributed by atoms with E-state index in [1.165, 1.54) is 4.57 Å². The van der Waals surface area contributed by atoms with E-state index in [-0.39, 0.29) is 17.1 Å². The molecule has 0 bridgehead atoms. The zero-order valence-electron chi connectivity index (χ0n) is 17.8. The highest BCUT2D eigenvalue weighted by atomic mass is 16.5. The lowest BCUT2D eigenvalue weighted by atomic mass is 10.1. The summed E-state index contributed by atoms with van der Waals surface area (Å²) in [5.41, 5.74) is 0.753. The van der Waals surface area contributed by atoms with Gasteiger partial charge < -0.3 is 10.1 Å². The Morgan fingerprint density at radius 2 is 1.93 bits per heavy atom. The summed E-state index contributed by atoms with van der Waals surface area (Å²) in [6, 6.07) is 7.32. The normalized spacial score (nSPS) is 11.2. The smallest absolute Gasteiger partial charge is 0.300 e. The first kappa shape index (κ1) is 21.5. The molecule has 0 spiro atoms. The van der Waals surface area contributed by atoms with Crippen LogP contribution in [0.4, 0.5) is 0 Å². The lowest BCUT2D eigenvalue weighted by Crippen LogP contribution is -2.25. The third-order valence-corrected chi connectivity index (χ3v) is 4.82. The van der Waals surface area contributed by atoms with Gasteiger partial charge in [-0.15, -0.1) is 10.2 Å². The number of aryl methyl sites for hydroxylation is 1. The molecular weight excluding hydrogens is 382 g/mol. The van der Waals surface area contributed by atoms with Crippen LogP contribution in [0.25, 0.3) is 11.3 Å². The van der Waals surface area contributed by atoms with Crippen LogP contribution in [0.3, 0.4) is 0 Å². The molecule has 0 saturated heterocycles. The van der Waals surface area contributed by atoms with Crippen molar-refractivity contribution in [1.29, 1.82) is 0 Å². The van der Waals surface area contributed by atoms with E-state index in [4.69, 9.17) is 4.74 Å². The summed E-state index contributed by atoms with van der Waals surface area (Å²) in [4.78, 5) is 24.8. The van der Waals surface area contributed by atoms with Gasteiger partial charge in [-0.2, -0.15) is 0 Å². The Morgan fingerprint density at radius 3 is 2.63 bits per heavy atom. The van der Waals surface area contributed by atoms with Gasteiger partial charge in [-0.3, -0.25) is 18.6 Å². The number of nitrogens with zero attached hydrogens (tertiary/aromatic N) is 4. The van der Waals surface area contributed by atoms with Gasteiger partial charge in [0.1, 0.15) is 11.6 Å². The van der Waals surface area contributed by atoms with Crippen LogP contribution in [-0.4, -0.2) is 38.2 Å². The number of rotatable bonds is 10. The van der Waals surface area contributed by atoms with Crippen LogP contribution in [-0.2, 0) is 11.2 Å². The molecule has 160 valence electrons. The Hall–Kier alpha value is -3.16. The topological polar surface area (TPSA) is 90.5 Å². The predicted octanol–water partition coefficient (Wildman–Crippen LogP) is 2.76. The van der Waals surface area contributed by atoms with Gasteiger partial charge in [0.15, 0.2) is 0 Å². The number of benzene rings is 1. The summed E-state index contributed by atoms with van der Waals surface area (Å²) in [6.45, 7) is 7.48. The minimum Gasteiger partial charge on any atom is -0.494 e.